The Hall–Kier alpha value is -7.07. The molecule has 0 spiro atoms. The summed E-state index contributed by atoms with van der Waals surface area (Å²) in [6.07, 6.45) is 1.93. The summed E-state index contributed by atoms with van der Waals surface area (Å²) in [5.41, 5.74) is 12.5. The van der Waals surface area contributed by atoms with E-state index in [9.17, 15) is 5.11 Å². The van der Waals surface area contributed by atoms with E-state index in [4.69, 9.17) is 14.4 Å². The third-order valence-corrected chi connectivity index (χ3v) is 10.8. The second-order valence-electron chi connectivity index (χ2n) is 14.2. The summed E-state index contributed by atoms with van der Waals surface area (Å²) >= 11 is 0. The van der Waals surface area contributed by atoms with Crippen molar-refractivity contribution in [2.24, 2.45) is 0 Å². The van der Waals surface area contributed by atoms with Crippen molar-refractivity contribution < 1.29 is 30.6 Å². The second kappa shape index (κ2) is 14.5. The molecule has 5 nitrogen and oxygen atoms in total. The Balaban J connectivity index is 0.00000408. The molecule has 0 fully saturated rings. The van der Waals surface area contributed by atoms with Crippen molar-refractivity contribution in [3.63, 3.8) is 0 Å². The zero-order valence-corrected chi connectivity index (χ0v) is 33.2. The number of rotatable bonds is 6. The molecule has 0 bridgehead atoms. The van der Waals surface area contributed by atoms with Crippen LogP contribution >= 0.6 is 0 Å². The zero-order chi connectivity index (χ0) is 37.9. The first kappa shape index (κ1) is 35.3. The number of para-hydroxylation sites is 3. The van der Waals surface area contributed by atoms with Crippen molar-refractivity contribution in [1.82, 2.24) is 14.5 Å². The number of imidazole rings is 1. The summed E-state index contributed by atoms with van der Waals surface area (Å²) in [5, 5.41) is 15.6. The number of benzene rings is 8. The molecule has 0 radical (unpaired) electrons. The minimum Gasteiger partial charge on any atom is -0.507 e. The van der Waals surface area contributed by atoms with E-state index in [0.29, 0.717) is 11.4 Å². The molecule has 0 aliphatic rings. The van der Waals surface area contributed by atoms with Crippen molar-refractivity contribution in [1.29, 1.82) is 0 Å². The fourth-order valence-electron chi connectivity index (χ4n) is 8.17. The molecule has 0 saturated carbocycles. The predicted octanol–water partition coefficient (Wildman–Crippen LogP) is 13.3. The minimum absolute atomic E-state index is 0. The smallest absolute Gasteiger partial charge is 0.148 e. The van der Waals surface area contributed by atoms with E-state index in [1.807, 2.05) is 54.7 Å². The first-order valence-corrected chi connectivity index (χ1v) is 19.0. The first-order valence-electron chi connectivity index (χ1n) is 19.0. The summed E-state index contributed by atoms with van der Waals surface area (Å²) in [4.78, 5) is 10.4. The van der Waals surface area contributed by atoms with Crippen LogP contribution in [0.3, 0.4) is 0 Å². The molecule has 8 aromatic carbocycles. The van der Waals surface area contributed by atoms with Gasteiger partial charge in [-0.05, 0) is 58.3 Å². The number of aromatic nitrogens is 3. The second-order valence-corrected chi connectivity index (χ2v) is 14.2. The Morgan fingerprint density at radius 1 is 0.534 bits per heavy atom. The standard InChI is InChI=1S/C52H32N3O2.Pt/c56-47-25-12-10-21-42(47)52-54-51-41(22-13-24-46(51)55(52)45-23-11-9-19-39(45)34-16-5-2-6-17-34)37-28-36(33-14-3-1-4-15-33)29-38(30-37)44-31-49-43(32-53-44)50-40-20-8-7-18-35(40)26-27-48(50)57-49;/h1-29,31-32,56H;/q-1;. The molecular formula is C52H32N3O2Pt-. The molecule has 278 valence electrons. The molecule has 58 heavy (non-hydrogen) atoms. The molecule has 11 aromatic rings. The van der Waals surface area contributed by atoms with E-state index < -0.39 is 0 Å². The molecule has 0 saturated heterocycles. The maximum Gasteiger partial charge on any atom is 0.148 e. The summed E-state index contributed by atoms with van der Waals surface area (Å²) in [5.74, 6) is 0.802. The van der Waals surface area contributed by atoms with E-state index in [0.717, 1.165) is 94.1 Å². The van der Waals surface area contributed by atoms with Gasteiger partial charge in [0.05, 0.1) is 22.3 Å². The zero-order valence-electron chi connectivity index (χ0n) is 30.9. The van der Waals surface area contributed by atoms with Gasteiger partial charge in [-0.15, -0.1) is 23.8 Å². The van der Waals surface area contributed by atoms with E-state index in [-0.39, 0.29) is 26.8 Å². The molecule has 1 N–H and O–H groups in total. The van der Waals surface area contributed by atoms with Gasteiger partial charge in [0.25, 0.3) is 0 Å². The number of hydrogen-bond acceptors (Lipinski definition) is 4. The van der Waals surface area contributed by atoms with Crippen molar-refractivity contribution >= 4 is 43.7 Å². The summed E-state index contributed by atoms with van der Waals surface area (Å²) in [7, 11) is 0. The molecule has 0 amide bonds. The van der Waals surface area contributed by atoms with Crippen LogP contribution in [0.2, 0.25) is 0 Å². The van der Waals surface area contributed by atoms with Crippen LogP contribution in [0, 0.1) is 6.07 Å². The monoisotopic (exact) mass is 925 g/mol. The molecule has 0 aliphatic carbocycles. The quantitative estimate of drug-likeness (QED) is 0.169. The van der Waals surface area contributed by atoms with Gasteiger partial charge in [0.15, 0.2) is 0 Å². The molecule has 6 heteroatoms. The van der Waals surface area contributed by atoms with E-state index in [1.54, 1.807) is 6.07 Å². The van der Waals surface area contributed by atoms with Gasteiger partial charge in [0.1, 0.15) is 22.7 Å². The van der Waals surface area contributed by atoms with Crippen LogP contribution in [0.15, 0.2) is 193 Å². The average Bonchev–Trinajstić information content (AvgIpc) is 3.86. The SMILES string of the molecule is Oc1ccccc1-c1nc2c(-c3[c-]c(-c4cc5oc6ccc7ccccc7c6c5cn4)cc(-c4ccccc4)c3)cccc2n1-c1ccccc1-c1ccccc1.[Pt]. The van der Waals surface area contributed by atoms with E-state index in [1.165, 1.54) is 0 Å². The number of pyridine rings is 1. The van der Waals surface area contributed by atoms with Crippen molar-refractivity contribution in [2.75, 3.05) is 0 Å². The maximum atomic E-state index is 11.3. The van der Waals surface area contributed by atoms with Crippen LogP contribution in [0.4, 0.5) is 0 Å². The normalized spacial score (nSPS) is 11.4. The summed E-state index contributed by atoms with van der Waals surface area (Å²) in [6.45, 7) is 0. The van der Waals surface area contributed by atoms with Gasteiger partial charge in [-0.3, -0.25) is 9.55 Å². The van der Waals surface area contributed by atoms with E-state index >= 15 is 0 Å². The van der Waals surface area contributed by atoms with E-state index in [2.05, 4.69) is 138 Å². The fraction of sp³-hybridized carbons (Fsp3) is 0. The van der Waals surface area contributed by atoms with Gasteiger partial charge in [-0.25, -0.2) is 4.98 Å². The number of phenols is 1. The third kappa shape index (κ3) is 5.91. The van der Waals surface area contributed by atoms with Crippen LogP contribution < -0.4 is 0 Å². The van der Waals surface area contributed by atoms with Gasteiger partial charge >= 0.3 is 0 Å². The first-order chi connectivity index (χ1) is 28.2. The van der Waals surface area contributed by atoms with Crippen molar-refractivity contribution in [3.8, 4) is 67.5 Å². The van der Waals surface area contributed by atoms with Crippen molar-refractivity contribution in [2.45, 2.75) is 0 Å². The Morgan fingerprint density at radius 3 is 2.05 bits per heavy atom. The Morgan fingerprint density at radius 2 is 1.22 bits per heavy atom. The Bertz CT molecular complexity index is 3320. The van der Waals surface area contributed by atoms with Crippen LogP contribution in [-0.4, -0.2) is 19.6 Å². The molecule has 0 atom stereocenters. The van der Waals surface area contributed by atoms with Crippen LogP contribution in [0.5, 0.6) is 5.75 Å². The number of fused-ring (bicyclic) bond motifs is 6. The molecule has 0 unspecified atom stereocenters. The maximum absolute atomic E-state index is 11.3. The molecule has 3 aromatic heterocycles. The summed E-state index contributed by atoms with van der Waals surface area (Å²) in [6, 6.07) is 65.4. The van der Waals surface area contributed by atoms with Crippen LogP contribution in [0.25, 0.3) is 105 Å². The van der Waals surface area contributed by atoms with Crippen LogP contribution in [-0.2, 0) is 21.1 Å². The minimum atomic E-state index is 0. The molecule has 0 aliphatic heterocycles. The number of aromatic hydroxyl groups is 1. The van der Waals surface area contributed by atoms with Gasteiger partial charge in [-0.2, -0.15) is 0 Å². The van der Waals surface area contributed by atoms with Crippen molar-refractivity contribution in [3.05, 3.63) is 194 Å². The average molecular weight is 926 g/mol. The van der Waals surface area contributed by atoms with Crippen LogP contribution in [0.1, 0.15) is 0 Å². The topological polar surface area (TPSA) is 64.1 Å². The van der Waals surface area contributed by atoms with Gasteiger partial charge in [0.2, 0.25) is 0 Å². The van der Waals surface area contributed by atoms with Gasteiger partial charge in [0, 0.05) is 49.3 Å². The number of furan rings is 1. The summed E-state index contributed by atoms with van der Waals surface area (Å²) < 4.78 is 8.64. The number of phenolic OH excluding ortho intramolecular Hbond substituents is 1. The Kier molecular flexibility index (Phi) is 8.81. The molecule has 11 rings (SSSR count). The predicted molar refractivity (Wildman–Crippen MR) is 231 cm³/mol. The third-order valence-electron chi connectivity index (χ3n) is 10.8. The van der Waals surface area contributed by atoms with Gasteiger partial charge in [-0.1, -0.05) is 150 Å². The molecular weight excluding hydrogens is 894 g/mol. The fourth-order valence-corrected chi connectivity index (χ4v) is 8.17. The number of hydrogen-bond donors (Lipinski definition) is 1. The van der Waals surface area contributed by atoms with Gasteiger partial charge < -0.3 is 9.52 Å². The number of nitrogens with zero attached hydrogens (tertiary/aromatic N) is 3. The largest absolute Gasteiger partial charge is 0.507 e. The molecule has 3 heterocycles. The Labute approximate surface area is 348 Å².